The molecule has 5 nitrogen and oxygen atoms in total. The fourth-order valence-electron chi connectivity index (χ4n) is 4.19. The van der Waals surface area contributed by atoms with E-state index in [-0.39, 0.29) is 11.8 Å². The first-order chi connectivity index (χ1) is 15.0. The molecule has 0 N–H and O–H groups in total. The molecule has 3 atom stereocenters. The summed E-state index contributed by atoms with van der Waals surface area (Å²) in [5, 5.41) is 2.19. The highest BCUT2D eigenvalue weighted by Gasteiger charge is 2.60. The Hall–Kier alpha value is -2.67. The van der Waals surface area contributed by atoms with Gasteiger partial charge in [0.1, 0.15) is 5.92 Å². The summed E-state index contributed by atoms with van der Waals surface area (Å²) in [6, 6.07) is 22.0. The number of hydrogen-bond acceptors (Lipinski definition) is 4. The molecule has 7 heteroatoms. The topological polar surface area (TPSA) is 49.9 Å². The Morgan fingerprint density at radius 2 is 1.61 bits per heavy atom. The van der Waals surface area contributed by atoms with E-state index in [4.69, 9.17) is 16.4 Å². The second-order valence-corrected chi connectivity index (χ2v) is 8.98. The van der Waals surface area contributed by atoms with Crippen molar-refractivity contribution in [3.63, 3.8) is 0 Å². The first-order valence-electron chi connectivity index (χ1n) is 9.86. The van der Waals surface area contributed by atoms with Crippen molar-refractivity contribution < 1.29 is 14.4 Å². The van der Waals surface area contributed by atoms with E-state index in [1.807, 2.05) is 61.5 Å². The van der Waals surface area contributed by atoms with Crippen molar-refractivity contribution in [1.29, 1.82) is 0 Å². The van der Waals surface area contributed by atoms with E-state index in [1.165, 1.54) is 4.90 Å². The van der Waals surface area contributed by atoms with Gasteiger partial charge in [0.25, 0.3) is 5.91 Å². The number of benzene rings is 3. The number of amides is 2. The number of halogens is 2. The number of anilines is 2. The summed E-state index contributed by atoms with van der Waals surface area (Å²) in [4.78, 5) is 34.2. The monoisotopic (exact) mass is 496 g/mol. The van der Waals surface area contributed by atoms with Crippen LogP contribution in [0.2, 0.25) is 5.02 Å². The summed E-state index contributed by atoms with van der Waals surface area (Å²) >= 11 is 9.72. The molecule has 2 aliphatic rings. The minimum atomic E-state index is -0.901. The van der Waals surface area contributed by atoms with Gasteiger partial charge in [0.05, 0.1) is 17.4 Å². The van der Waals surface area contributed by atoms with Gasteiger partial charge in [-0.3, -0.25) is 14.4 Å². The Bertz CT molecular complexity index is 1170. The van der Waals surface area contributed by atoms with Crippen LogP contribution in [-0.4, -0.2) is 17.9 Å². The number of nitrogens with zero attached hydrogens (tertiary/aromatic N) is 2. The first kappa shape index (κ1) is 20.2. The fourth-order valence-corrected chi connectivity index (χ4v) is 4.63. The zero-order valence-electron chi connectivity index (χ0n) is 16.5. The van der Waals surface area contributed by atoms with E-state index in [1.54, 1.807) is 23.3 Å². The van der Waals surface area contributed by atoms with Crippen LogP contribution < -0.4 is 9.96 Å². The predicted octanol–water partition coefficient (Wildman–Crippen LogP) is 5.46. The van der Waals surface area contributed by atoms with Crippen LogP contribution in [0.4, 0.5) is 11.4 Å². The van der Waals surface area contributed by atoms with Crippen LogP contribution in [0.15, 0.2) is 77.3 Å². The molecular weight excluding hydrogens is 480 g/mol. The number of para-hydroxylation sites is 1. The normalized spacial score (nSPS) is 22.9. The quantitative estimate of drug-likeness (QED) is 0.451. The second kappa shape index (κ2) is 7.79. The van der Waals surface area contributed by atoms with Crippen LogP contribution in [-0.2, 0) is 14.4 Å². The predicted molar refractivity (Wildman–Crippen MR) is 123 cm³/mol. The minimum absolute atomic E-state index is 0.290. The van der Waals surface area contributed by atoms with Gasteiger partial charge in [0.2, 0.25) is 5.91 Å². The van der Waals surface area contributed by atoms with Crippen molar-refractivity contribution in [3.8, 4) is 0 Å². The number of carbonyl (C=O) groups excluding carboxylic acids is 2. The Labute approximate surface area is 193 Å². The van der Waals surface area contributed by atoms with E-state index < -0.39 is 18.1 Å². The molecule has 0 bridgehead atoms. The molecule has 2 fully saturated rings. The molecule has 2 aliphatic heterocycles. The molecule has 156 valence electrons. The lowest BCUT2D eigenvalue weighted by Gasteiger charge is -2.28. The van der Waals surface area contributed by atoms with Crippen molar-refractivity contribution in [2.75, 3.05) is 9.96 Å². The molecule has 0 radical (unpaired) electrons. The lowest BCUT2D eigenvalue weighted by molar-refractivity contribution is -0.126. The third-order valence-electron chi connectivity index (χ3n) is 5.75. The number of fused-ring (bicyclic) bond motifs is 1. The maximum Gasteiger partial charge on any atom is 0.266 e. The van der Waals surface area contributed by atoms with Crippen molar-refractivity contribution in [2.24, 2.45) is 5.92 Å². The molecule has 0 spiro atoms. The third kappa shape index (κ3) is 3.35. The van der Waals surface area contributed by atoms with Crippen LogP contribution in [0.3, 0.4) is 0 Å². The number of aryl methyl sites for hydroxylation is 1. The Morgan fingerprint density at radius 3 is 2.29 bits per heavy atom. The van der Waals surface area contributed by atoms with Gasteiger partial charge in [-0.1, -0.05) is 63.9 Å². The number of hydroxylamine groups is 1. The van der Waals surface area contributed by atoms with Crippen molar-refractivity contribution in [1.82, 2.24) is 0 Å². The second-order valence-electron chi connectivity index (χ2n) is 7.65. The van der Waals surface area contributed by atoms with Gasteiger partial charge in [-0.25, -0.2) is 9.96 Å². The molecule has 2 heterocycles. The van der Waals surface area contributed by atoms with E-state index in [0.717, 1.165) is 21.3 Å². The zero-order valence-corrected chi connectivity index (χ0v) is 18.9. The zero-order chi connectivity index (χ0) is 21.7. The highest BCUT2D eigenvalue weighted by atomic mass is 79.9. The third-order valence-corrected chi connectivity index (χ3v) is 6.69. The van der Waals surface area contributed by atoms with Crippen molar-refractivity contribution in [3.05, 3.63) is 93.4 Å². The molecule has 2 amide bonds. The van der Waals surface area contributed by atoms with Crippen LogP contribution in [0.25, 0.3) is 0 Å². The lowest BCUT2D eigenvalue weighted by atomic mass is 9.90. The fraction of sp³-hybridized carbons (Fsp3) is 0.167. The molecule has 2 saturated heterocycles. The Morgan fingerprint density at radius 1 is 0.903 bits per heavy atom. The summed E-state index contributed by atoms with van der Waals surface area (Å²) < 4.78 is 0.933. The summed E-state index contributed by atoms with van der Waals surface area (Å²) in [5.41, 5.74) is 3.02. The smallest absolute Gasteiger partial charge is 0.266 e. The van der Waals surface area contributed by atoms with E-state index in [9.17, 15) is 9.59 Å². The van der Waals surface area contributed by atoms with E-state index in [2.05, 4.69) is 15.9 Å². The van der Waals surface area contributed by atoms with Gasteiger partial charge >= 0.3 is 0 Å². The molecule has 0 aliphatic carbocycles. The minimum Gasteiger partial charge on any atom is -0.273 e. The largest absolute Gasteiger partial charge is 0.273 e. The van der Waals surface area contributed by atoms with Crippen LogP contribution in [0, 0.1) is 12.8 Å². The van der Waals surface area contributed by atoms with Gasteiger partial charge in [0.15, 0.2) is 6.10 Å². The van der Waals surface area contributed by atoms with Crippen LogP contribution >= 0.6 is 27.5 Å². The van der Waals surface area contributed by atoms with Gasteiger partial charge < -0.3 is 0 Å². The highest BCUT2D eigenvalue weighted by molar-refractivity contribution is 9.10. The van der Waals surface area contributed by atoms with Crippen LogP contribution in [0.1, 0.15) is 17.2 Å². The number of hydrogen-bond donors (Lipinski definition) is 0. The molecule has 3 aromatic carbocycles. The maximum atomic E-state index is 13.6. The Balaban J connectivity index is 1.58. The lowest BCUT2D eigenvalue weighted by Crippen LogP contribution is -2.37. The molecule has 5 rings (SSSR count). The van der Waals surface area contributed by atoms with Gasteiger partial charge in [-0.05, 0) is 54.4 Å². The summed E-state index contributed by atoms with van der Waals surface area (Å²) in [5.74, 6) is -1.34. The maximum absolute atomic E-state index is 13.6. The van der Waals surface area contributed by atoms with E-state index in [0.29, 0.717) is 10.7 Å². The van der Waals surface area contributed by atoms with Gasteiger partial charge in [0, 0.05) is 9.50 Å². The SMILES string of the molecule is Cc1ccc(N2C(=O)[C@@H]3[C@H](ON(c4ccccc4)[C@H]3c3ccc(Br)cc3)C2=O)cc1Cl. The van der Waals surface area contributed by atoms with Gasteiger partial charge in [-0.15, -0.1) is 0 Å². The average molecular weight is 498 g/mol. The standard InChI is InChI=1S/C24H18BrClN2O3/c1-14-7-12-18(13-19(14)26)27-23(29)20-21(15-8-10-16(25)11-9-15)28(31-22(20)24(27)30)17-5-3-2-4-6-17/h2-13,20-22H,1H3/t20-,21-,22-/m0/s1. The molecule has 0 saturated carbocycles. The van der Waals surface area contributed by atoms with Crippen molar-refractivity contribution in [2.45, 2.75) is 19.1 Å². The number of imide groups is 1. The highest BCUT2D eigenvalue weighted by Crippen LogP contribution is 2.47. The molecule has 3 aromatic rings. The summed E-state index contributed by atoms with van der Waals surface area (Å²) in [6.45, 7) is 1.87. The molecule has 0 unspecified atom stereocenters. The summed E-state index contributed by atoms with van der Waals surface area (Å²) in [7, 11) is 0. The first-order valence-corrected chi connectivity index (χ1v) is 11.0. The Kier molecular flexibility index (Phi) is 5.08. The number of carbonyl (C=O) groups is 2. The summed E-state index contributed by atoms with van der Waals surface area (Å²) in [6.07, 6.45) is -0.901. The van der Waals surface area contributed by atoms with Gasteiger partial charge in [-0.2, -0.15) is 0 Å². The molecule has 0 aromatic heterocycles. The van der Waals surface area contributed by atoms with E-state index >= 15 is 0 Å². The van der Waals surface area contributed by atoms with Crippen molar-refractivity contribution >= 4 is 50.7 Å². The number of rotatable bonds is 3. The molecular formula is C24H18BrClN2O3. The van der Waals surface area contributed by atoms with Crippen LogP contribution in [0.5, 0.6) is 0 Å². The average Bonchev–Trinajstić information content (AvgIpc) is 3.28. The molecule has 31 heavy (non-hydrogen) atoms.